The van der Waals surface area contributed by atoms with Gasteiger partial charge >= 0.3 is 5.69 Å². The summed E-state index contributed by atoms with van der Waals surface area (Å²) in [5, 5.41) is 2.73. The molecule has 0 aliphatic heterocycles. The van der Waals surface area contributed by atoms with Crippen LogP contribution in [-0.4, -0.2) is 20.9 Å². The quantitative estimate of drug-likeness (QED) is 0.628. The molecular weight excluding hydrogens is 324 g/mol. The lowest BCUT2D eigenvalue weighted by Crippen LogP contribution is -2.13. The minimum Gasteiger partial charge on any atom is -0.321 e. The van der Waals surface area contributed by atoms with Crippen molar-refractivity contribution in [3.8, 4) is 0 Å². The average Bonchev–Trinajstić information content (AvgIpc) is 2.78. The number of aromatic amines is 2. The van der Waals surface area contributed by atoms with Gasteiger partial charge in [-0.3, -0.25) is 4.79 Å². The van der Waals surface area contributed by atoms with Crippen LogP contribution in [0.5, 0.6) is 0 Å². The fourth-order valence-corrected chi connectivity index (χ4v) is 2.18. The van der Waals surface area contributed by atoms with Crippen molar-refractivity contribution in [1.82, 2.24) is 15.0 Å². The van der Waals surface area contributed by atoms with E-state index in [1.165, 1.54) is 0 Å². The van der Waals surface area contributed by atoms with Crippen LogP contribution in [0.4, 0.5) is 5.69 Å². The molecule has 7 heteroatoms. The maximum Gasteiger partial charge on any atom is 0.323 e. The number of benzene rings is 1. The Morgan fingerprint density at radius 1 is 1.15 bits per heavy atom. The highest BCUT2D eigenvalue weighted by atomic mass is 79.9. The van der Waals surface area contributed by atoms with Crippen molar-refractivity contribution >= 4 is 38.6 Å². The fourth-order valence-electron chi connectivity index (χ4n) is 1.84. The number of halogens is 1. The topological polar surface area (TPSA) is 90.6 Å². The molecule has 0 atom stereocenters. The maximum atomic E-state index is 12.0. The number of amides is 1. The van der Waals surface area contributed by atoms with E-state index in [-0.39, 0.29) is 11.6 Å². The zero-order valence-electron chi connectivity index (χ0n) is 10.1. The second-order valence-corrected chi connectivity index (χ2v) is 4.95. The van der Waals surface area contributed by atoms with Gasteiger partial charge in [-0.1, -0.05) is 6.07 Å². The summed E-state index contributed by atoms with van der Waals surface area (Å²) in [4.78, 5) is 32.5. The van der Waals surface area contributed by atoms with E-state index in [9.17, 15) is 9.59 Å². The Kier molecular flexibility index (Phi) is 3.11. The van der Waals surface area contributed by atoms with E-state index in [0.29, 0.717) is 27.0 Å². The number of hydrogen-bond acceptors (Lipinski definition) is 3. The van der Waals surface area contributed by atoms with Crippen molar-refractivity contribution in [2.45, 2.75) is 0 Å². The van der Waals surface area contributed by atoms with Gasteiger partial charge in [0.2, 0.25) is 0 Å². The van der Waals surface area contributed by atoms with E-state index in [1.54, 1.807) is 36.4 Å². The third-order valence-electron chi connectivity index (χ3n) is 2.72. The molecule has 20 heavy (non-hydrogen) atoms. The number of pyridine rings is 1. The van der Waals surface area contributed by atoms with E-state index >= 15 is 0 Å². The maximum absolute atomic E-state index is 12.0. The second kappa shape index (κ2) is 4.93. The van der Waals surface area contributed by atoms with Gasteiger partial charge < -0.3 is 15.3 Å². The lowest BCUT2D eigenvalue weighted by molar-refractivity contribution is 0.102. The average molecular weight is 333 g/mol. The standard InChI is InChI=1S/C13H9BrN4O2/c14-11-3-1-2-9(16-11)12(19)15-7-4-5-8-10(6-7)18-13(20)17-8/h1-6H,(H,15,19)(H2,17,18,20). The Morgan fingerprint density at radius 2 is 1.95 bits per heavy atom. The SMILES string of the molecule is O=C(Nc1ccc2[nH]c(=O)[nH]c2c1)c1cccc(Br)n1. The zero-order chi connectivity index (χ0) is 14.1. The number of rotatable bonds is 2. The fraction of sp³-hybridized carbons (Fsp3) is 0. The number of H-pyrrole nitrogens is 2. The molecule has 3 aromatic rings. The molecule has 0 unspecified atom stereocenters. The molecule has 100 valence electrons. The number of carbonyl (C=O) groups is 1. The normalized spacial score (nSPS) is 10.7. The number of imidazole rings is 1. The summed E-state index contributed by atoms with van der Waals surface area (Å²) in [6.07, 6.45) is 0. The summed E-state index contributed by atoms with van der Waals surface area (Å²) in [5.41, 5.74) is 1.93. The summed E-state index contributed by atoms with van der Waals surface area (Å²) < 4.78 is 0.593. The molecule has 0 aliphatic rings. The summed E-state index contributed by atoms with van der Waals surface area (Å²) >= 11 is 3.22. The van der Waals surface area contributed by atoms with E-state index in [2.05, 4.69) is 36.2 Å². The Bertz CT molecular complexity index is 853. The Balaban J connectivity index is 1.88. The molecule has 3 N–H and O–H groups in total. The highest BCUT2D eigenvalue weighted by Crippen LogP contribution is 2.15. The van der Waals surface area contributed by atoms with Crippen LogP contribution in [0.1, 0.15) is 10.5 Å². The molecule has 1 aromatic carbocycles. The van der Waals surface area contributed by atoms with Gasteiger partial charge in [-0.2, -0.15) is 0 Å². The highest BCUT2D eigenvalue weighted by Gasteiger charge is 2.08. The second-order valence-electron chi connectivity index (χ2n) is 4.14. The summed E-state index contributed by atoms with van der Waals surface area (Å²) in [6, 6.07) is 10.2. The first-order valence-electron chi connectivity index (χ1n) is 5.78. The van der Waals surface area contributed by atoms with Gasteiger partial charge in [0.1, 0.15) is 10.3 Å². The first-order chi connectivity index (χ1) is 9.61. The molecule has 0 fully saturated rings. The number of nitrogens with zero attached hydrogens (tertiary/aromatic N) is 1. The van der Waals surface area contributed by atoms with Crippen molar-refractivity contribution in [3.05, 3.63) is 57.2 Å². The largest absolute Gasteiger partial charge is 0.323 e. The first-order valence-corrected chi connectivity index (χ1v) is 6.57. The lowest BCUT2D eigenvalue weighted by atomic mass is 10.2. The van der Waals surface area contributed by atoms with E-state index < -0.39 is 0 Å². The van der Waals surface area contributed by atoms with Crippen LogP contribution in [0.3, 0.4) is 0 Å². The number of fused-ring (bicyclic) bond motifs is 1. The molecule has 0 bridgehead atoms. The van der Waals surface area contributed by atoms with Gasteiger partial charge in [0, 0.05) is 5.69 Å². The highest BCUT2D eigenvalue weighted by molar-refractivity contribution is 9.10. The molecule has 0 spiro atoms. The van der Waals surface area contributed by atoms with E-state index in [4.69, 9.17) is 0 Å². The van der Waals surface area contributed by atoms with Crippen molar-refractivity contribution in [1.29, 1.82) is 0 Å². The van der Waals surface area contributed by atoms with Crippen LogP contribution in [0.15, 0.2) is 45.8 Å². The first kappa shape index (κ1) is 12.6. The molecule has 2 aromatic heterocycles. The van der Waals surface area contributed by atoms with Crippen molar-refractivity contribution in [2.75, 3.05) is 5.32 Å². The molecule has 1 amide bonds. The van der Waals surface area contributed by atoms with Crippen molar-refractivity contribution in [3.63, 3.8) is 0 Å². The molecule has 6 nitrogen and oxygen atoms in total. The molecule has 2 heterocycles. The van der Waals surface area contributed by atoms with Crippen molar-refractivity contribution in [2.24, 2.45) is 0 Å². The smallest absolute Gasteiger partial charge is 0.321 e. The number of aromatic nitrogens is 3. The number of carbonyl (C=O) groups excluding carboxylic acids is 1. The Labute approximate surface area is 121 Å². The lowest BCUT2D eigenvalue weighted by Gasteiger charge is -2.04. The van der Waals surface area contributed by atoms with Crippen LogP contribution in [-0.2, 0) is 0 Å². The minimum absolute atomic E-state index is 0.280. The van der Waals surface area contributed by atoms with Crippen LogP contribution >= 0.6 is 15.9 Å². The zero-order valence-corrected chi connectivity index (χ0v) is 11.7. The predicted molar refractivity (Wildman–Crippen MR) is 78.8 cm³/mol. The van der Waals surface area contributed by atoms with Gasteiger partial charge in [-0.05, 0) is 46.3 Å². The third kappa shape index (κ3) is 2.48. The van der Waals surface area contributed by atoms with Crippen molar-refractivity contribution < 1.29 is 4.79 Å². The van der Waals surface area contributed by atoms with Gasteiger partial charge in [0.05, 0.1) is 11.0 Å². The van der Waals surface area contributed by atoms with Crippen LogP contribution in [0, 0.1) is 0 Å². The number of anilines is 1. The van der Waals surface area contributed by atoms with Gasteiger partial charge in [0.25, 0.3) is 5.91 Å². The monoisotopic (exact) mass is 332 g/mol. The molecule has 3 rings (SSSR count). The summed E-state index contributed by atoms with van der Waals surface area (Å²) in [7, 11) is 0. The Morgan fingerprint density at radius 3 is 2.75 bits per heavy atom. The molecular formula is C13H9BrN4O2. The van der Waals surface area contributed by atoms with Crippen LogP contribution < -0.4 is 11.0 Å². The number of nitrogens with one attached hydrogen (secondary N) is 3. The van der Waals surface area contributed by atoms with Gasteiger partial charge in [-0.15, -0.1) is 0 Å². The van der Waals surface area contributed by atoms with Crippen LogP contribution in [0.2, 0.25) is 0 Å². The number of hydrogen-bond donors (Lipinski definition) is 3. The Hall–Kier alpha value is -2.41. The van der Waals surface area contributed by atoms with Crippen LogP contribution in [0.25, 0.3) is 11.0 Å². The minimum atomic E-state index is -0.316. The molecule has 0 aliphatic carbocycles. The summed E-state index contributed by atoms with van der Waals surface area (Å²) in [5.74, 6) is -0.316. The van der Waals surface area contributed by atoms with Gasteiger partial charge in [-0.25, -0.2) is 9.78 Å². The molecule has 0 saturated carbocycles. The molecule has 0 radical (unpaired) electrons. The predicted octanol–water partition coefficient (Wildman–Crippen LogP) is 2.27. The van der Waals surface area contributed by atoms with E-state index in [1.807, 2.05) is 0 Å². The van der Waals surface area contributed by atoms with E-state index in [0.717, 1.165) is 0 Å². The third-order valence-corrected chi connectivity index (χ3v) is 3.16. The van der Waals surface area contributed by atoms with Gasteiger partial charge in [0.15, 0.2) is 0 Å². The molecule has 0 saturated heterocycles. The summed E-state index contributed by atoms with van der Waals surface area (Å²) in [6.45, 7) is 0.